The summed E-state index contributed by atoms with van der Waals surface area (Å²) in [7, 11) is 0. The van der Waals surface area contributed by atoms with Gasteiger partial charge in [-0.05, 0) is 70.6 Å². The molecule has 0 aromatic carbocycles. The van der Waals surface area contributed by atoms with E-state index in [0.717, 1.165) is 89.9 Å². The molecule has 0 heterocycles. The van der Waals surface area contributed by atoms with Gasteiger partial charge in [0.25, 0.3) is 0 Å². The zero-order valence-corrected chi connectivity index (χ0v) is 38.0. The van der Waals surface area contributed by atoms with Crippen molar-refractivity contribution in [1.29, 1.82) is 0 Å². The average molecular weight is 819 g/mol. The van der Waals surface area contributed by atoms with Crippen LogP contribution in [0.5, 0.6) is 0 Å². The number of carbonyl (C=O) groups excluding carboxylic acids is 3. The smallest absolute Gasteiger partial charge is 0.306 e. The SMILES string of the molecule is CC\C=C/C=C\C=C/C=C\C=C/CCCCCC(=O)OCC(COC(=O)CCCC/C=C\C/C=C\C/C=C\CC)OC(=O)CCCCCCCCCCCCCCCC. The summed E-state index contributed by atoms with van der Waals surface area (Å²) in [4.78, 5) is 37.8. The molecule has 0 radical (unpaired) electrons. The van der Waals surface area contributed by atoms with Gasteiger partial charge in [-0.25, -0.2) is 0 Å². The summed E-state index contributed by atoms with van der Waals surface area (Å²) in [6, 6.07) is 0. The first-order valence-electron chi connectivity index (χ1n) is 23.8. The first-order chi connectivity index (χ1) is 29.0. The zero-order chi connectivity index (χ0) is 43.0. The second-order valence-electron chi connectivity index (χ2n) is 15.4. The molecular weight excluding hydrogens is 733 g/mol. The van der Waals surface area contributed by atoms with E-state index in [1.807, 2.05) is 48.6 Å². The van der Waals surface area contributed by atoms with Gasteiger partial charge in [-0.15, -0.1) is 0 Å². The van der Waals surface area contributed by atoms with E-state index in [1.165, 1.54) is 70.6 Å². The Morgan fingerprint density at radius 3 is 1.27 bits per heavy atom. The number of allylic oxidation sites excluding steroid dienone is 16. The fourth-order valence-corrected chi connectivity index (χ4v) is 6.18. The van der Waals surface area contributed by atoms with E-state index >= 15 is 0 Å². The van der Waals surface area contributed by atoms with Crippen LogP contribution in [0.2, 0.25) is 0 Å². The van der Waals surface area contributed by atoms with E-state index in [-0.39, 0.29) is 31.1 Å². The minimum Gasteiger partial charge on any atom is -0.462 e. The number of rotatable bonds is 41. The Hall–Kier alpha value is -3.67. The third-order valence-corrected chi connectivity index (χ3v) is 9.71. The van der Waals surface area contributed by atoms with Gasteiger partial charge in [-0.3, -0.25) is 14.4 Å². The van der Waals surface area contributed by atoms with Gasteiger partial charge in [0.05, 0.1) is 0 Å². The molecule has 1 unspecified atom stereocenters. The largest absolute Gasteiger partial charge is 0.462 e. The fourth-order valence-electron chi connectivity index (χ4n) is 6.18. The van der Waals surface area contributed by atoms with E-state index in [2.05, 4.69) is 69.4 Å². The first kappa shape index (κ1) is 55.3. The van der Waals surface area contributed by atoms with Gasteiger partial charge in [-0.2, -0.15) is 0 Å². The Bertz CT molecular complexity index is 1220. The average Bonchev–Trinajstić information content (AvgIpc) is 3.23. The molecule has 0 bridgehead atoms. The molecule has 0 aliphatic heterocycles. The summed E-state index contributed by atoms with van der Waals surface area (Å²) in [5.41, 5.74) is 0. The van der Waals surface area contributed by atoms with Crippen molar-refractivity contribution in [3.05, 3.63) is 97.2 Å². The molecule has 1 atom stereocenters. The highest BCUT2D eigenvalue weighted by atomic mass is 16.6. The van der Waals surface area contributed by atoms with Crippen molar-refractivity contribution in [1.82, 2.24) is 0 Å². The molecule has 59 heavy (non-hydrogen) atoms. The molecule has 0 fully saturated rings. The number of hydrogen-bond donors (Lipinski definition) is 0. The van der Waals surface area contributed by atoms with Gasteiger partial charge >= 0.3 is 17.9 Å². The van der Waals surface area contributed by atoms with E-state index in [1.54, 1.807) is 0 Å². The number of esters is 3. The topological polar surface area (TPSA) is 78.9 Å². The maximum Gasteiger partial charge on any atom is 0.306 e. The highest BCUT2D eigenvalue weighted by Crippen LogP contribution is 2.14. The summed E-state index contributed by atoms with van der Waals surface area (Å²) < 4.78 is 16.7. The lowest BCUT2D eigenvalue weighted by atomic mass is 10.0. The van der Waals surface area contributed by atoms with Crippen LogP contribution < -0.4 is 0 Å². The van der Waals surface area contributed by atoms with E-state index in [9.17, 15) is 14.4 Å². The van der Waals surface area contributed by atoms with Crippen LogP contribution in [-0.2, 0) is 28.6 Å². The second kappa shape index (κ2) is 47.0. The number of hydrogen-bond acceptors (Lipinski definition) is 6. The third kappa shape index (κ3) is 45.3. The Kier molecular flexibility index (Phi) is 44.1. The van der Waals surface area contributed by atoms with Crippen LogP contribution in [-0.4, -0.2) is 37.2 Å². The monoisotopic (exact) mass is 819 g/mol. The molecule has 6 nitrogen and oxygen atoms in total. The van der Waals surface area contributed by atoms with Gasteiger partial charge in [0, 0.05) is 19.3 Å². The van der Waals surface area contributed by atoms with Gasteiger partial charge in [0.2, 0.25) is 0 Å². The standard InChI is InChI=1S/C53H86O6/c1-4-7-10-13-16-19-22-25-27-29-31-34-37-40-43-46-52(55)58-49-50(48-57-51(54)45-42-39-36-33-30-24-21-18-15-12-9-6-3)59-53(56)47-44-41-38-35-32-28-26-23-20-17-14-11-8-5-2/h7,9-10,12-13,16,18-19,21-22,25,27,29-31,33,50H,4-6,8,11,14-15,17,20,23-24,26,28,32,34-49H2,1-3H3/b10-7-,12-9-,16-13-,21-18-,22-19-,27-25-,31-29-,33-30-. The molecule has 0 saturated carbocycles. The highest BCUT2D eigenvalue weighted by Gasteiger charge is 2.19. The normalized spacial score (nSPS) is 12.9. The Balaban J connectivity index is 4.52. The molecule has 0 saturated heterocycles. The lowest BCUT2D eigenvalue weighted by molar-refractivity contribution is -0.167. The van der Waals surface area contributed by atoms with Crippen molar-refractivity contribution in [2.75, 3.05) is 13.2 Å². The molecule has 0 amide bonds. The second-order valence-corrected chi connectivity index (χ2v) is 15.4. The highest BCUT2D eigenvalue weighted by molar-refractivity contribution is 5.71. The molecule has 0 spiro atoms. The van der Waals surface area contributed by atoms with Crippen LogP contribution in [0, 0.1) is 0 Å². The van der Waals surface area contributed by atoms with E-state index < -0.39 is 6.10 Å². The Labute approximate surface area is 362 Å². The first-order valence-corrected chi connectivity index (χ1v) is 23.8. The van der Waals surface area contributed by atoms with Crippen LogP contribution in [0.4, 0.5) is 0 Å². The van der Waals surface area contributed by atoms with Gasteiger partial charge in [0.1, 0.15) is 13.2 Å². The van der Waals surface area contributed by atoms with E-state index in [0.29, 0.717) is 19.3 Å². The maximum absolute atomic E-state index is 12.8. The van der Waals surface area contributed by atoms with Crippen LogP contribution in [0.25, 0.3) is 0 Å². The van der Waals surface area contributed by atoms with Gasteiger partial charge in [-0.1, -0.05) is 208 Å². The molecule has 334 valence electrons. The molecule has 6 heteroatoms. The Morgan fingerprint density at radius 1 is 0.373 bits per heavy atom. The van der Waals surface area contributed by atoms with Gasteiger partial charge < -0.3 is 14.2 Å². The van der Waals surface area contributed by atoms with Crippen LogP contribution in [0.1, 0.15) is 201 Å². The zero-order valence-electron chi connectivity index (χ0n) is 38.0. The van der Waals surface area contributed by atoms with Crippen LogP contribution >= 0.6 is 0 Å². The van der Waals surface area contributed by atoms with Crippen molar-refractivity contribution in [2.24, 2.45) is 0 Å². The molecule has 0 rings (SSSR count). The van der Waals surface area contributed by atoms with Crippen molar-refractivity contribution >= 4 is 17.9 Å². The molecule has 0 aromatic heterocycles. The van der Waals surface area contributed by atoms with Crippen molar-refractivity contribution in [3.8, 4) is 0 Å². The quantitative estimate of drug-likeness (QED) is 0.0201. The molecule has 0 aliphatic rings. The third-order valence-electron chi connectivity index (χ3n) is 9.71. The summed E-state index contributed by atoms with van der Waals surface area (Å²) in [6.45, 7) is 6.29. The minimum atomic E-state index is -0.808. The summed E-state index contributed by atoms with van der Waals surface area (Å²) >= 11 is 0. The van der Waals surface area contributed by atoms with Crippen molar-refractivity contribution in [3.63, 3.8) is 0 Å². The predicted molar refractivity (Wildman–Crippen MR) is 251 cm³/mol. The number of ether oxygens (including phenoxy) is 3. The molecule has 0 N–H and O–H groups in total. The minimum absolute atomic E-state index is 0.111. The molecule has 0 aromatic rings. The van der Waals surface area contributed by atoms with Crippen molar-refractivity contribution in [2.45, 2.75) is 207 Å². The number of carbonyl (C=O) groups is 3. The maximum atomic E-state index is 12.8. The van der Waals surface area contributed by atoms with Crippen molar-refractivity contribution < 1.29 is 28.6 Å². The predicted octanol–water partition coefficient (Wildman–Crippen LogP) is 15.4. The fraction of sp³-hybridized carbons (Fsp3) is 0.642. The summed E-state index contributed by atoms with van der Waals surface area (Å²) in [6.07, 6.45) is 61.0. The molecular formula is C53H86O6. The lowest BCUT2D eigenvalue weighted by Crippen LogP contribution is -2.30. The van der Waals surface area contributed by atoms with Gasteiger partial charge in [0.15, 0.2) is 6.10 Å². The number of unbranched alkanes of at least 4 members (excludes halogenated alkanes) is 18. The van der Waals surface area contributed by atoms with E-state index in [4.69, 9.17) is 14.2 Å². The summed E-state index contributed by atoms with van der Waals surface area (Å²) in [5.74, 6) is -0.994. The van der Waals surface area contributed by atoms with Crippen LogP contribution in [0.3, 0.4) is 0 Å². The lowest BCUT2D eigenvalue weighted by Gasteiger charge is -2.18. The van der Waals surface area contributed by atoms with Crippen LogP contribution in [0.15, 0.2) is 97.2 Å². The molecule has 0 aliphatic carbocycles. The summed E-state index contributed by atoms with van der Waals surface area (Å²) in [5, 5.41) is 0. The Morgan fingerprint density at radius 2 is 0.746 bits per heavy atom.